The summed E-state index contributed by atoms with van der Waals surface area (Å²) in [6.45, 7) is 3.28. The van der Waals surface area contributed by atoms with Gasteiger partial charge in [0, 0.05) is 36.0 Å². The first-order valence-electron chi connectivity index (χ1n) is 6.93. The number of piperidine rings is 1. The number of aromatic nitrogens is 1. The third kappa shape index (κ3) is 4.42. The Bertz CT molecular complexity index is 524. The fourth-order valence-electron chi connectivity index (χ4n) is 2.33. The fourth-order valence-corrected chi connectivity index (χ4v) is 2.70. The number of alkyl carbamates (subject to hydrolysis) is 1. The summed E-state index contributed by atoms with van der Waals surface area (Å²) in [6, 6.07) is 1.68. The minimum atomic E-state index is -0.430. The van der Waals surface area contributed by atoms with Crippen molar-refractivity contribution in [2.45, 2.75) is 25.8 Å². The number of likely N-dealkylation sites (tertiary alicyclic amines) is 1. The molecule has 1 aromatic rings. The first-order chi connectivity index (χ1) is 10.1. The molecule has 2 rings (SSSR count). The van der Waals surface area contributed by atoms with Gasteiger partial charge in [0.25, 0.3) is 5.91 Å². The van der Waals surface area contributed by atoms with Crippen LogP contribution in [0, 0.1) is 0 Å². The van der Waals surface area contributed by atoms with Gasteiger partial charge in [-0.05, 0) is 41.8 Å². The average Bonchev–Trinajstić information content (AvgIpc) is 2.47. The van der Waals surface area contributed by atoms with E-state index in [0.717, 1.165) is 17.3 Å². The highest BCUT2D eigenvalue weighted by molar-refractivity contribution is 9.10. The fraction of sp³-hybridized carbons (Fsp3) is 0.500. The molecule has 1 aromatic heterocycles. The number of hydrogen-bond acceptors (Lipinski definition) is 4. The van der Waals surface area contributed by atoms with E-state index < -0.39 is 6.09 Å². The van der Waals surface area contributed by atoms with Crippen molar-refractivity contribution in [3.63, 3.8) is 0 Å². The van der Waals surface area contributed by atoms with Crippen LogP contribution in [0.5, 0.6) is 0 Å². The van der Waals surface area contributed by atoms with Crippen LogP contribution in [0.1, 0.15) is 30.1 Å². The molecular weight excluding hydrogens is 338 g/mol. The summed E-state index contributed by atoms with van der Waals surface area (Å²) in [7, 11) is 0. The van der Waals surface area contributed by atoms with E-state index in [1.165, 1.54) is 0 Å². The molecule has 1 aliphatic rings. The van der Waals surface area contributed by atoms with E-state index in [1.807, 2.05) is 0 Å². The van der Waals surface area contributed by atoms with Crippen LogP contribution in [-0.4, -0.2) is 47.6 Å². The molecule has 0 aromatic carbocycles. The van der Waals surface area contributed by atoms with Gasteiger partial charge in [-0.15, -0.1) is 0 Å². The smallest absolute Gasteiger partial charge is 0.407 e. The number of pyridine rings is 1. The molecule has 6 nitrogen and oxygen atoms in total. The van der Waals surface area contributed by atoms with Gasteiger partial charge in [-0.3, -0.25) is 9.78 Å². The molecule has 2 heterocycles. The molecule has 1 saturated heterocycles. The molecule has 0 spiro atoms. The summed E-state index contributed by atoms with van der Waals surface area (Å²) in [5.41, 5.74) is 0.543. The van der Waals surface area contributed by atoms with E-state index in [9.17, 15) is 9.59 Å². The highest BCUT2D eigenvalue weighted by Crippen LogP contribution is 2.16. The molecule has 1 aliphatic heterocycles. The van der Waals surface area contributed by atoms with Gasteiger partial charge in [0.2, 0.25) is 0 Å². The van der Waals surface area contributed by atoms with Gasteiger partial charge < -0.3 is 15.0 Å². The van der Waals surface area contributed by atoms with Crippen molar-refractivity contribution in [3.05, 3.63) is 28.5 Å². The molecule has 21 heavy (non-hydrogen) atoms. The van der Waals surface area contributed by atoms with Crippen LogP contribution in [0.25, 0.3) is 0 Å². The summed E-state index contributed by atoms with van der Waals surface area (Å²) >= 11 is 3.31. The Labute approximate surface area is 132 Å². The molecule has 1 N–H and O–H groups in total. The van der Waals surface area contributed by atoms with Crippen molar-refractivity contribution < 1.29 is 14.3 Å². The number of amides is 2. The van der Waals surface area contributed by atoms with Gasteiger partial charge in [-0.2, -0.15) is 0 Å². The van der Waals surface area contributed by atoms with Gasteiger partial charge in [-0.25, -0.2) is 4.79 Å². The predicted octanol–water partition coefficient (Wildman–Crippen LogP) is 2.19. The first kappa shape index (κ1) is 15.8. The minimum absolute atomic E-state index is 0.0677. The summed E-state index contributed by atoms with van der Waals surface area (Å²) in [5, 5.41) is 2.79. The Balaban J connectivity index is 1.97. The minimum Gasteiger partial charge on any atom is -0.450 e. The van der Waals surface area contributed by atoms with Crippen molar-refractivity contribution in [1.82, 2.24) is 15.2 Å². The van der Waals surface area contributed by atoms with Crippen molar-refractivity contribution >= 4 is 27.9 Å². The van der Waals surface area contributed by atoms with E-state index in [4.69, 9.17) is 4.74 Å². The zero-order chi connectivity index (χ0) is 15.2. The Morgan fingerprint density at radius 2 is 2.33 bits per heavy atom. The Morgan fingerprint density at radius 3 is 3.05 bits per heavy atom. The zero-order valence-corrected chi connectivity index (χ0v) is 13.4. The number of carbonyl (C=O) groups is 2. The summed E-state index contributed by atoms with van der Waals surface area (Å²) in [4.78, 5) is 29.6. The van der Waals surface area contributed by atoms with Gasteiger partial charge in [0.1, 0.15) is 0 Å². The molecule has 114 valence electrons. The molecule has 1 unspecified atom stereocenters. The number of rotatable bonds is 3. The number of carbonyl (C=O) groups excluding carboxylic acids is 2. The second-order valence-electron chi connectivity index (χ2n) is 4.85. The van der Waals surface area contributed by atoms with Gasteiger partial charge in [0.05, 0.1) is 12.2 Å². The molecular formula is C14H18BrN3O3. The van der Waals surface area contributed by atoms with Crippen LogP contribution < -0.4 is 5.32 Å². The third-order valence-corrected chi connectivity index (χ3v) is 3.69. The number of nitrogens with one attached hydrogen (secondary N) is 1. The van der Waals surface area contributed by atoms with Gasteiger partial charge in [-0.1, -0.05) is 0 Å². The lowest BCUT2D eigenvalue weighted by Crippen LogP contribution is -2.49. The monoisotopic (exact) mass is 355 g/mol. The summed E-state index contributed by atoms with van der Waals surface area (Å²) in [5.74, 6) is -0.0702. The Morgan fingerprint density at radius 1 is 1.52 bits per heavy atom. The lowest BCUT2D eigenvalue weighted by atomic mass is 10.0. The van der Waals surface area contributed by atoms with Crippen LogP contribution in [0.2, 0.25) is 0 Å². The van der Waals surface area contributed by atoms with E-state index in [0.29, 0.717) is 25.3 Å². The quantitative estimate of drug-likeness (QED) is 0.901. The molecule has 0 bridgehead atoms. The predicted molar refractivity (Wildman–Crippen MR) is 81.0 cm³/mol. The first-order valence-corrected chi connectivity index (χ1v) is 7.72. The van der Waals surface area contributed by atoms with E-state index in [1.54, 1.807) is 30.3 Å². The van der Waals surface area contributed by atoms with Crippen molar-refractivity contribution in [1.29, 1.82) is 0 Å². The number of halogens is 1. The molecule has 1 atom stereocenters. The highest BCUT2D eigenvalue weighted by atomic mass is 79.9. The Hall–Kier alpha value is -1.63. The average molecular weight is 356 g/mol. The highest BCUT2D eigenvalue weighted by Gasteiger charge is 2.26. The van der Waals surface area contributed by atoms with E-state index >= 15 is 0 Å². The van der Waals surface area contributed by atoms with Crippen LogP contribution in [0.3, 0.4) is 0 Å². The van der Waals surface area contributed by atoms with Crippen LogP contribution in [0.4, 0.5) is 4.79 Å². The van der Waals surface area contributed by atoms with E-state index in [-0.39, 0.29) is 11.9 Å². The van der Waals surface area contributed by atoms with Crippen LogP contribution in [-0.2, 0) is 4.74 Å². The second-order valence-corrected chi connectivity index (χ2v) is 5.76. The maximum absolute atomic E-state index is 12.4. The van der Waals surface area contributed by atoms with Crippen molar-refractivity contribution in [3.8, 4) is 0 Å². The molecule has 0 radical (unpaired) electrons. The largest absolute Gasteiger partial charge is 0.450 e. The standard InChI is InChI=1S/C14H18BrN3O3/c1-2-21-14(20)17-12-4-3-5-18(9-12)13(19)10-6-11(15)8-16-7-10/h6-8,12H,2-5,9H2,1H3,(H,17,20). The lowest BCUT2D eigenvalue weighted by Gasteiger charge is -2.32. The maximum atomic E-state index is 12.4. The van der Waals surface area contributed by atoms with Crippen molar-refractivity contribution in [2.24, 2.45) is 0 Å². The summed E-state index contributed by atoms with van der Waals surface area (Å²) in [6.07, 6.45) is 4.46. The van der Waals surface area contributed by atoms with Crippen LogP contribution >= 0.6 is 15.9 Å². The van der Waals surface area contributed by atoms with E-state index in [2.05, 4.69) is 26.2 Å². The van der Waals surface area contributed by atoms with Gasteiger partial charge in [0.15, 0.2) is 0 Å². The van der Waals surface area contributed by atoms with Crippen molar-refractivity contribution in [2.75, 3.05) is 19.7 Å². The second kappa shape index (κ2) is 7.40. The molecule has 0 aliphatic carbocycles. The molecule has 7 heteroatoms. The zero-order valence-electron chi connectivity index (χ0n) is 11.8. The van der Waals surface area contributed by atoms with Gasteiger partial charge >= 0.3 is 6.09 Å². The third-order valence-electron chi connectivity index (χ3n) is 3.26. The summed E-state index contributed by atoms with van der Waals surface area (Å²) < 4.78 is 5.64. The Kier molecular flexibility index (Phi) is 5.55. The molecule has 2 amide bonds. The normalized spacial score (nSPS) is 18.2. The number of ether oxygens (including phenoxy) is 1. The number of hydrogen-bond donors (Lipinski definition) is 1. The lowest BCUT2D eigenvalue weighted by molar-refractivity contribution is 0.0685. The SMILES string of the molecule is CCOC(=O)NC1CCCN(C(=O)c2cncc(Br)c2)C1. The van der Waals surface area contributed by atoms with Crippen LogP contribution in [0.15, 0.2) is 22.9 Å². The maximum Gasteiger partial charge on any atom is 0.407 e. The molecule has 0 saturated carbocycles. The topological polar surface area (TPSA) is 71.5 Å². The number of nitrogens with zero attached hydrogens (tertiary/aromatic N) is 2. The molecule has 1 fully saturated rings.